The minimum absolute atomic E-state index is 0. The van der Waals surface area contributed by atoms with Gasteiger partial charge in [0.25, 0.3) is 0 Å². The lowest BCUT2D eigenvalue weighted by atomic mass is 9.92. The third-order valence-electron chi connectivity index (χ3n) is 4.27. The first-order valence-corrected chi connectivity index (χ1v) is 7.66. The van der Waals surface area contributed by atoms with Crippen LogP contribution in [-0.2, 0) is 0 Å². The van der Waals surface area contributed by atoms with Crippen molar-refractivity contribution in [1.82, 2.24) is 10.6 Å². The van der Waals surface area contributed by atoms with Crippen LogP contribution in [0.15, 0.2) is 0 Å². The van der Waals surface area contributed by atoms with Crippen LogP contribution in [0.5, 0.6) is 0 Å². The molecule has 0 amide bonds. The molecule has 0 bridgehead atoms. The normalized spacial score (nSPS) is 36.8. The highest BCUT2D eigenvalue weighted by Gasteiger charge is 2.30. The van der Waals surface area contributed by atoms with Crippen LogP contribution in [0.4, 0.5) is 0 Å². The van der Waals surface area contributed by atoms with E-state index in [1.165, 1.54) is 38.5 Å². The Labute approximate surface area is 121 Å². The zero-order valence-corrected chi connectivity index (χ0v) is 12.3. The first kappa shape index (κ1) is 16.6. The Balaban J connectivity index is 0.000000185. The van der Waals surface area contributed by atoms with Crippen molar-refractivity contribution in [1.29, 1.82) is 0 Å². The van der Waals surface area contributed by atoms with Gasteiger partial charge in [0, 0.05) is 24.2 Å². The Kier molecular flexibility index (Phi) is 6.99. The van der Waals surface area contributed by atoms with Gasteiger partial charge in [-0.3, -0.25) is 0 Å². The summed E-state index contributed by atoms with van der Waals surface area (Å²) in [6.07, 6.45) is 10.1. The minimum Gasteiger partial charge on any atom is -0.412 e. The standard InChI is InChI=1S/C7H12N2S.C6H14N2.H2O/c10-7-8-5-3-1-2-4-6(5)9-7;7-5-3-1-2-4-6(5)8;/h5-6H,1-4H2,(H2,8,9,10);5-6H,1-4,7-8H2;1H2. The molecule has 1 aliphatic heterocycles. The van der Waals surface area contributed by atoms with Gasteiger partial charge in [-0.1, -0.05) is 25.7 Å². The molecule has 0 aromatic rings. The molecule has 0 aromatic carbocycles. The first-order chi connectivity index (χ1) is 8.66. The Bertz CT molecular complexity index is 264. The molecule has 4 unspecified atom stereocenters. The molecule has 1 heterocycles. The maximum atomic E-state index is 5.65. The summed E-state index contributed by atoms with van der Waals surface area (Å²) >= 11 is 5.01. The number of hydrogen-bond acceptors (Lipinski definition) is 3. The Hall–Kier alpha value is -0.430. The van der Waals surface area contributed by atoms with Gasteiger partial charge in [-0.2, -0.15) is 0 Å². The van der Waals surface area contributed by atoms with E-state index in [0.29, 0.717) is 12.1 Å². The van der Waals surface area contributed by atoms with Crippen LogP contribution in [0.3, 0.4) is 0 Å². The van der Waals surface area contributed by atoms with E-state index >= 15 is 0 Å². The number of nitrogens with two attached hydrogens (primary N) is 2. The highest BCUT2D eigenvalue weighted by atomic mass is 32.1. The molecule has 0 aromatic heterocycles. The smallest absolute Gasteiger partial charge is 0.166 e. The van der Waals surface area contributed by atoms with Crippen LogP contribution in [-0.4, -0.2) is 34.8 Å². The molecule has 6 heteroatoms. The lowest BCUT2D eigenvalue weighted by Crippen LogP contribution is -2.43. The molecule has 5 nitrogen and oxygen atoms in total. The van der Waals surface area contributed by atoms with Gasteiger partial charge in [-0.05, 0) is 37.9 Å². The van der Waals surface area contributed by atoms with Gasteiger partial charge >= 0.3 is 0 Å². The fourth-order valence-corrected chi connectivity index (χ4v) is 3.35. The van der Waals surface area contributed by atoms with Gasteiger partial charge in [-0.15, -0.1) is 0 Å². The molecule has 3 fully saturated rings. The average molecular weight is 288 g/mol. The molecule has 4 atom stereocenters. The maximum absolute atomic E-state index is 5.65. The minimum atomic E-state index is 0. The average Bonchev–Trinajstić information content (AvgIpc) is 2.74. The van der Waals surface area contributed by atoms with Crippen molar-refractivity contribution < 1.29 is 5.48 Å². The Morgan fingerprint density at radius 1 is 0.789 bits per heavy atom. The van der Waals surface area contributed by atoms with Crippen molar-refractivity contribution in [2.45, 2.75) is 75.5 Å². The van der Waals surface area contributed by atoms with Gasteiger partial charge in [0.05, 0.1) is 0 Å². The van der Waals surface area contributed by atoms with Crippen LogP contribution in [0.25, 0.3) is 0 Å². The summed E-state index contributed by atoms with van der Waals surface area (Å²) in [7, 11) is 0. The SMILES string of the molecule is NC1CCCCC1N.O.S=C1NC2CCCCC2N1. The third kappa shape index (κ3) is 4.87. The van der Waals surface area contributed by atoms with Crippen molar-refractivity contribution in [2.75, 3.05) is 0 Å². The summed E-state index contributed by atoms with van der Waals surface area (Å²) in [6.45, 7) is 0. The molecule has 3 rings (SSSR count). The molecule has 1 saturated heterocycles. The van der Waals surface area contributed by atoms with Crippen LogP contribution < -0.4 is 22.1 Å². The fourth-order valence-electron chi connectivity index (χ4n) is 3.04. The van der Waals surface area contributed by atoms with E-state index in [9.17, 15) is 0 Å². The molecule has 3 aliphatic rings. The monoisotopic (exact) mass is 288 g/mol. The molecule has 2 aliphatic carbocycles. The summed E-state index contributed by atoms with van der Waals surface area (Å²) in [5, 5.41) is 7.41. The lowest BCUT2D eigenvalue weighted by Gasteiger charge is -2.24. The van der Waals surface area contributed by atoms with Gasteiger partial charge in [-0.25, -0.2) is 0 Å². The van der Waals surface area contributed by atoms with Crippen molar-refractivity contribution in [2.24, 2.45) is 11.5 Å². The number of thiocarbonyl (C=S) groups is 1. The largest absolute Gasteiger partial charge is 0.412 e. The van der Waals surface area contributed by atoms with Crippen molar-refractivity contribution in [3.63, 3.8) is 0 Å². The van der Waals surface area contributed by atoms with Gasteiger partial charge in [0.15, 0.2) is 5.11 Å². The summed E-state index contributed by atoms with van der Waals surface area (Å²) in [4.78, 5) is 0. The van der Waals surface area contributed by atoms with Gasteiger partial charge in [0.1, 0.15) is 0 Å². The molecule has 112 valence electrons. The van der Waals surface area contributed by atoms with E-state index in [2.05, 4.69) is 10.6 Å². The molecular weight excluding hydrogens is 260 g/mol. The zero-order chi connectivity index (χ0) is 13.0. The maximum Gasteiger partial charge on any atom is 0.166 e. The number of rotatable bonds is 0. The molecule has 19 heavy (non-hydrogen) atoms. The van der Waals surface area contributed by atoms with Crippen LogP contribution >= 0.6 is 12.2 Å². The van der Waals surface area contributed by atoms with E-state index in [0.717, 1.165) is 18.0 Å². The van der Waals surface area contributed by atoms with Crippen molar-refractivity contribution >= 4 is 17.3 Å². The van der Waals surface area contributed by atoms with Crippen LogP contribution in [0.1, 0.15) is 51.4 Å². The second-order valence-electron chi connectivity index (χ2n) is 5.73. The topological polar surface area (TPSA) is 108 Å². The van der Waals surface area contributed by atoms with E-state index in [1.807, 2.05) is 0 Å². The lowest BCUT2D eigenvalue weighted by molar-refractivity contribution is 0.374. The fraction of sp³-hybridized carbons (Fsp3) is 0.923. The molecule has 8 N–H and O–H groups in total. The van der Waals surface area contributed by atoms with E-state index in [4.69, 9.17) is 23.7 Å². The van der Waals surface area contributed by atoms with E-state index in [-0.39, 0.29) is 17.6 Å². The number of nitrogens with one attached hydrogen (secondary N) is 2. The molecular formula is C13H28N4OS. The predicted octanol–water partition coefficient (Wildman–Crippen LogP) is 0.166. The van der Waals surface area contributed by atoms with Crippen molar-refractivity contribution in [3.05, 3.63) is 0 Å². The highest BCUT2D eigenvalue weighted by Crippen LogP contribution is 2.21. The van der Waals surface area contributed by atoms with Gasteiger partial charge in [0.2, 0.25) is 0 Å². The third-order valence-corrected chi connectivity index (χ3v) is 4.51. The number of fused-ring (bicyclic) bond motifs is 1. The Morgan fingerprint density at radius 3 is 1.53 bits per heavy atom. The van der Waals surface area contributed by atoms with Crippen molar-refractivity contribution in [3.8, 4) is 0 Å². The summed E-state index contributed by atoms with van der Waals surface area (Å²) in [6, 6.07) is 1.84. The molecule has 0 spiro atoms. The number of hydrogen-bond donors (Lipinski definition) is 4. The summed E-state index contributed by atoms with van der Waals surface area (Å²) in [5.74, 6) is 0. The highest BCUT2D eigenvalue weighted by molar-refractivity contribution is 7.80. The molecule has 0 radical (unpaired) electrons. The summed E-state index contributed by atoms with van der Waals surface area (Å²) < 4.78 is 0. The summed E-state index contributed by atoms with van der Waals surface area (Å²) in [5.41, 5.74) is 11.3. The first-order valence-electron chi connectivity index (χ1n) is 7.25. The van der Waals surface area contributed by atoms with Crippen LogP contribution in [0, 0.1) is 0 Å². The quantitative estimate of drug-likeness (QED) is 0.475. The van der Waals surface area contributed by atoms with E-state index < -0.39 is 0 Å². The second-order valence-corrected chi connectivity index (χ2v) is 6.14. The van der Waals surface area contributed by atoms with Crippen LogP contribution in [0.2, 0.25) is 0 Å². The predicted molar refractivity (Wildman–Crippen MR) is 82.9 cm³/mol. The van der Waals surface area contributed by atoms with Gasteiger partial charge < -0.3 is 27.6 Å². The molecule has 2 saturated carbocycles. The Morgan fingerprint density at radius 2 is 1.16 bits per heavy atom. The second kappa shape index (κ2) is 7.99. The zero-order valence-electron chi connectivity index (χ0n) is 11.5. The van der Waals surface area contributed by atoms with E-state index in [1.54, 1.807) is 0 Å².